The van der Waals surface area contributed by atoms with Crippen molar-refractivity contribution >= 4 is 22.7 Å². The first kappa shape index (κ1) is 21.0. The van der Waals surface area contributed by atoms with E-state index in [9.17, 15) is 15.4 Å². The molecule has 0 aliphatic rings. The van der Waals surface area contributed by atoms with Gasteiger partial charge in [0.2, 0.25) is 0 Å². The molecule has 0 N–H and O–H groups in total. The summed E-state index contributed by atoms with van der Waals surface area (Å²) in [6.45, 7) is 5.03. The van der Waals surface area contributed by atoms with E-state index in [1.165, 1.54) is 18.2 Å². The molecule has 0 radical (unpaired) electrons. The number of rotatable bonds is 8. The van der Waals surface area contributed by atoms with Crippen molar-refractivity contribution in [2.75, 3.05) is 45.7 Å². The molecule has 146 valence electrons. The molecule has 0 saturated carbocycles. The van der Waals surface area contributed by atoms with Crippen LogP contribution in [-0.2, 0) is 0 Å². The van der Waals surface area contributed by atoms with Crippen molar-refractivity contribution in [3.8, 4) is 6.07 Å². The van der Waals surface area contributed by atoms with Crippen molar-refractivity contribution in [1.29, 1.82) is 5.26 Å². The summed E-state index contributed by atoms with van der Waals surface area (Å²) in [5.74, 6) is 0. The van der Waals surface area contributed by atoms with Crippen LogP contribution in [0.5, 0.6) is 0 Å². The van der Waals surface area contributed by atoms with Crippen molar-refractivity contribution in [2.45, 2.75) is 6.92 Å². The van der Waals surface area contributed by atoms with Crippen LogP contribution in [0.15, 0.2) is 52.7 Å². The molecule has 0 saturated heterocycles. The molecule has 0 fully saturated rings. The normalized spacial score (nSPS) is 11.4. The Balaban J connectivity index is 2.14. The number of hydrogen-bond donors (Lipinski definition) is 0. The molecule has 0 unspecified atom stereocenters. The van der Waals surface area contributed by atoms with Crippen molar-refractivity contribution in [3.63, 3.8) is 0 Å². The predicted octanol–water partition coefficient (Wildman–Crippen LogP) is 4.41. The van der Waals surface area contributed by atoms with E-state index in [-0.39, 0.29) is 11.3 Å². The van der Waals surface area contributed by atoms with E-state index >= 15 is 0 Å². The smallest absolute Gasteiger partial charge is 0.270 e. The Labute approximate surface area is 165 Å². The van der Waals surface area contributed by atoms with Crippen molar-refractivity contribution in [2.24, 2.45) is 10.2 Å². The van der Waals surface area contributed by atoms with Crippen LogP contribution in [-0.4, -0.2) is 50.2 Å². The largest absolute Gasteiger partial charge is 0.366 e. The van der Waals surface area contributed by atoms with Crippen molar-refractivity contribution in [1.82, 2.24) is 0 Å². The van der Waals surface area contributed by atoms with Gasteiger partial charge in [-0.15, -0.1) is 5.11 Å². The first-order valence-electron chi connectivity index (χ1n) is 8.99. The zero-order chi connectivity index (χ0) is 20.7. The van der Waals surface area contributed by atoms with Gasteiger partial charge in [0.05, 0.1) is 50.4 Å². The van der Waals surface area contributed by atoms with Gasteiger partial charge in [-0.2, -0.15) is 10.4 Å². The fourth-order valence-electron chi connectivity index (χ4n) is 2.55. The first-order valence-corrected chi connectivity index (χ1v) is 8.99. The molecule has 0 aliphatic heterocycles. The Kier molecular flexibility index (Phi) is 6.79. The molecule has 8 heteroatoms. The number of non-ortho nitro benzene ring substituents is 1. The quantitative estimate of drug-likeness (QED) is 0.293. The fourth-order valence-corrected chi connectivity index (χ4v) is 2.55. The van der Waals surface area contributed by atoms with Crippen LogP contribution in [0.4, 0.5) is 22.7 Å². The number of benzene rings is 2. The minimum absolute atomic E-state index is 0.118. The lowest BCUT2D eigenvalue weighted by Crippen LogP contribution is -2.42. The van der Waals surface area contributed by atoms with Crippen molar-refractivity contribution in [3.05, 3.63) is 58.1 Å². The Morgan fingerprint density at radius 1 is 1.14 bits per heavy atom. The molecular weight excluding hydrogens is 356 g/mol. The third-order valence-electron chi connectivity index (χ3n) is 4.22. The summed E-state index contributed by atoms with van der Waals surface area (Å²) in [4.78, 5) is 12.6. The Bertz CT molecular complexity index is 894. The zero-order valence-electron chi connectivity index (χ0n) is 16.7. The van der Waals surface area contributed by atoms with E-state index < -0.39 is 4.92 Å². The Morgan fingerprint density at radius 3 is 2.36 bits per heavy atom. The molecule has 0 spiro atoms. The first-order chi connectivity index (χ1) is 13.2. The average Bonchev–Trinajstić information content (AvgIpc) is 2.66. The summed E-state index contributed by atoms with van der Waals surface area (Å²) in [6, 6.07) is 13.6. The van der Waals surface area contributed by atoms with Crippen LogP contribution in [0.2, 0.25) is 0 Å². The van der Waals surface area contributed by atoms with E-state index in [4.69, 9.17) is 0 Å². The molecule has 0 aromatic heterocycles. The third-order valence-corrected chi connectivity index (χ3v) is 4.22. The number of nitrogens with zero attached hydrogens (tertiary/aromatic N) is 6. The summed E-state index contributed by atoms with van der Waals surface area (Å²) >= 11 is 0. The van der Waals surface area contributed by atoms with Gasteiger partial charge in [-0.25, -0.2) is 0 Å². The highest BCUT2D eigenvalue weighted by Gasteiger charge is 2.12. The molecule has 0 bridgehead atoms. The monoisotopic (exact) mass is 381 g/mol. The minimum atomic E-state index is -0.543. The second-order valence-corrected chi connectivity index (χ2v) is 7.38. The standard InChI is InChI=1S/C20H25N6O2/c1-5-24(12-13-26(2,3)4)18-8-6-17(7-9-18)22-23-20-11-10-19(25(27)28)14-16(20)15-21/h6-11,14H,5,12-13H2,1-4H3/q+1. The SMILES string of the molecule is CCN(CC[N+](C)(C)C)c1ccc(N=Nc2ccc([N+](=O)[O-])cc2C#N)cc1. The molecular formula is C20H25N6O2+. The summed E-state index contributed by atoms with van der Waals surface area (Å²) in [5, 5.41) is 28.2. The van der Waals surface area contributed by atoms with Crippen LogP contribution >= 0.6 is 0 Å². The number of nitriles is 1. The topological polar surface area (TPSA) is 94.9 Å². The van der Waals surface area contributed by atoms with Crippen molar-refractivity contribution < 1.29 is 9.41 Å². The van der Waals surface area contributed by atoms with Gasteiger partial charge in [0.15, 0.2) is 0 Å². The van der Waals surface area contributed by atoms with Gasteiger partial charge in [-0.3, -0.25) is 10.1 Å². The maximum absolute atomic E-state index is 10.8. The lowest BCUT2D eigenvalue weighted by Gasteiger charge is -2.29. The highest BCUT2D eigenvalue weighted by molar-refractivity contribution is 5.58. The van der Waals surface area contributed by atoms with Gasteiger partial charge in [0.1, 0.15) is 11.8 Å². The van der Waals surface area contributed by atoms with Gasteiger partial charge >= 0.3 is 0 Å². The molecule has 0 heterocycles. The van der Waals surface area contributed by atoms with Crippen LogP contribution in [0, 0.1) is 21.4 Å². The zero-order valence-corrected chi connectivity index (χ0v) is 16.7. The molecule has 8 nitrogen and oxygen atoms in total. The predicted molar refractivity (Wildman–Crippen MR) is 109 cm³/mol. The summed E-state index contributed by atoms with van der Waals surface area (Å²) in [6.07, 6.45) is 0. The van der Waals surface area contributed by atoms with Gasteiger partial charge in [0.25, 0.3) is 5.69 Å². The van der Waals surface area contributed by atoms with Crippen LogP contribution in [0.3, 0.4) is 0 Å². The van der Waals surface area contributed by atoms with Gasteiger partial charge < -0.3 is 9.38 Å². The Morgan fingerprint density at radius 2 is 1.82 bits per heavy atom. The van der Waals surface area contributed by atoms with Crippen LogP contribution in [0.1, 0.15) is 12.5 Å². The molecule has 0 amide bonds. The number of azo groups is 1. The number of nitro benzene ring substituents is 1. The number of anilines is 1. The number of likely N-dealkylation sites (N-methyl/N-ethyl adjacent to an activating group) is 2. The van der Waals surface area contributed by atoms with E-state index in [0.29, 0.717) is 11.4 Å². The molecule has 0 atom stereocenters. The molecule has 2 aromatic carbocycles. The van der Waals surface area contributed by atoms with Gasteiger partial charge in [-0.1, -0.05) is 0 Å². The second-order valence-electron chi connectivity index (χ2n) is 7.38. The fraction of sp³-hybridized carbons (Fsp3) is 0.350. The summed E-state index contributed by atoms with van der Waals surface area (Å²) < 4.78 is 0.902. The summed E-state index contributed by atoms with van der Waals surface area (Å²) in [7, 11) is 6.51. The minimum Gasteiger partial charge on any atom is -0.366 e. The Hall–Kier alpha value is -3.31. The molecule has 2 aromatic rings. The number of nitro groups is 1. The van der Waals surface area contributed by atoms with Gasteiger partial charge in [-0.05, 0) is 37.3 Å². The summed E-state index contributed by atoms with van der Waals surface area (Å²) in [5.41, 5.74) is 2.03. The molecule has 28 heavy (non-hydrogen) atoms. The average molecular weight is 381 g/mol. The second kappa shape index (κ2) is 9.06. The van der Waals surface area contributed by atoms with Gasteiger partial charge in [0, 0.05) is 24.4 Å². The third kappa shape index (κ3) is 5.86. The number of quaternary nitrogens is 1. The molecule has 2 rings (SSSR count). The lowest BCUT2D eigenvalue weighted by atomic mass is 10.2. The maximum Gasteiger partial charge on any atom is 0.270 e. The lowest BCUT2D eigenvalue weighted by molar-refractivity contribution is -0.868. The van der Waals surface area contributed by atoms with E-state index in [1.54, 1.807) is 0 Å². The van der Waals surface area contributed by atoms with Crippen LogP contribution < -0.4 is 4.90 Å². The highest BCUT2D eigenvalue weighted by atomic mass is 16.6. The van der Waals surface area contributed by atoms with E-state index in [0.717, 1.165) is 29.8 Å². The van der Waals surface area contributed by atoms with E-state index in [2.05, 4.69) is 43.2 Å². The highest BCUT2D eigenvalue weighted by Crippen LogP contribution is 2.27. The maximum atomic E-state index is 10.8. The van der Waals surface area contributed by atoms with Crippen LogP contribution in [0.25, 0.3) is 0 Å². The number of hydrogen-bond acceptors (Lipinski definition) is 6. The van der Waals surface area contributed by atoms with E-state index in [1.807, 2.05) is 30.3 Å². The molecule has 0 aliphatic carbocycles.